The van der Waals surface area contributed by atoms with Crippen LogP contribution in [0.1, 0.15) is 35.3 Å². The lowest BCUT2D eigenvalue weighted by Crippen LogP contribution is -2.48. The van der Waals surface area contributed by atoms with Crippen LogP contribution in [0.15, 0.2) is 12.3 Å². The van der Waals surface area contributed by atoms with E-state index in [1.807, 2.05) is 13.0 Å². The van der Waals surface area contributed by atoms with E-state index in [-0.39, 0.29) is 5.91 Å². The number of nitrogens with zero attached hydrogens (tertiary/aromatic N) is 5. The second-order valence-electron chi connectivity index (χ2n) is 7.87. The number of carbonyl (C=O) groups is 1. The Kier molecular flexibility index (Phi) is 5.22. The maximum absolute atomic E-state index is 13.1. The second-order valence-corrected chi connectivity index (χ2v) is 7.87. The quantitative estimate of drug-likeness (QED) is 0.779. The van der Waals surface area contributed by atoms with Gasteiger partial charge in [0.2, 0.25) is 0 Å². The first-order chi connectivity index (χ1) is 13.5. The molecule has 28 heavy (non-hydrogen) atoms. The summed E-state index contributed by atoms with van der Waals surface area (Å²) in [4.78, 5) is 21.4. The number of fused-ring (bicyclic) bond motifs is 1. The molecular weight excluding hydrogens is 360 g/mol. The number of rotatable bonds is 3. The lowest BCUT2D eigenvalue weighted by atomic mass is 9.94. The average molecular weight is 388 g/mol. The molecular formula is C19H28N6O3. The van der Waals surface area contributed by atoms with Gasteiger partial charge in [-0.3, -0.25) is 9.69 Å². The van der Waals surface area contributed by atoms with Crippen molar-refractivity contribution in [2.75, 3.05) is 51.7 Å². The van der Waals surface area contributed by atoms with Gasteiger partial charge in [0.1, 0.15) is 11.4 Å². The van der Waals surface area contributed by atoms with E-state index >= 15 is 0 Å². The first-order valence-corrected chi connectivity index (χ1v) is 9.88. The zero-order valence-electron chi connectivity index (χ0n) is 16.3. The van der Waals surface area contributed by atoms with E-state index in [1.54, 1.807) is 4.90 Å². The maximum Gasteiger partial charge on any atom is 0.259 e. The minimum atomic E-state index is -0.779. The fraction of sp³-hybridized carbons (Fsp3) is 0.632. The Balaban J connectivity index is 1.46. The molecule has 1 amide bonds. The minimum absolute atomic E-state index is 0.157. The number of nitrogen functional groups attached to an aromatic ring is 1. The molecule has 2 aromatic rings. The van der Waals surface area contributed by atoms with Gasteiger partial charge < -0.3 is 20.5 Å². The Morgan fingerprint density at radius 3 is 2.86 bits per heavy atom. The molecule has 0 bridgehead atoms. The van der Waals surface area contributed by atoms with Crippen molar-refractivity contribution in [3.05, 3.63) is 23.5 Å². The number of nitrogens with two attached hydrogens (primary N) is 1. The van der Waals surface area contributed by atoms with Gasteiger partial charge in [-0.05, 0) is 26.2 Å². The number of β-amino-alcohol motifs (C(OH)–C–C–N with tert-alkyl or cyclic N) is 1. The molecule has 0 unspecified atom stereocenters. The van der Waals surface area contributed by atoms with Crippen LogP contribution in [0.25, 0.3) is 5.65 Å². The number of likely N-dealkylation sites (tertiary alicyclic amines) is 1. The van der Waals surface area contributed by atoms with Gasteiger partial charge in [-0.1, -0.05) is 0 Å². The van der Waals surface area contributed by atoms with Crippen molar-refractivity contribution in [1.82, 2.24) is 24.4 Å². The monoisotopic (exact) mass is 388 g/mol. The third-order valence-corrected chi connectivity index (χ3v) is 5.70. The Labute approximate surface area is 164 Å². The van der Waals surface area contributed by atoms with Crippen LogP contribution >= 0.6 is 0 Å². The van der Waals surface area contributed by atoms with E-state index in [0.29, 0.717) is 62.7 Å². The molecule has 152 valence electrons. The summed E-state index contributed by atoms with van der Waals surface area (Å²) in [6, 6.07) is 1.82. The number of aryl methyl sites for hydroxylation is 1. The van der Waals surface area contributed by atoms with Gasteiger partial charge in [0, 0.05) is 45.0 Å². The molecule has 3 N–H and O–H groups in total. The number of carbonyl (C=O) groups excluding carboxylic acids is 1. The fourth-order valence-corrected chi connectivity index (χ4v) is 4.12. The normalized spacial score (nSPS) is 24.4. The van der Waals surface area contributed by atoms with E-state index in [9.17, 15) is 9.90 Å². The minimum Gasteiger partial charge on any atom is -0.388 e. The van der Waals surface area contributed by atoms with Gasteiger partial charge in [-0.15, -0.1) is 0 Å². The zero-order valence-corrected chi connectivity index (χ0v) is 16.3. The maximum atomic E-state index is 13.1. The fourth-order valence-electron chi connectivity index (χ4n) is 4.12. The molecule has 0 aromatic carbocycles. The molecule has 2 saturated heterocycles. The van der Waals surface area contributed by atoms with Crippen LogP contribution in [0.4, 0.5) is 5.82 Å². The highest BCUT2D eigenvalue weighted by molar-refractivity contribution is 5.98. The molecule has 2 aliphatic heterocycles. The predicted molar refractivity (Wildman–Crippen MR) is 104 cm³/mol. The van der Waals surface area contributed by atoms with Gasteiger partial charge in [0.05, 0.1) is 24.5 Å². The van der Waals surface area contributed by atoms with Crippen LogP contribution in [-0.2, 0) is 4.74 Å². The topological polar surface area (TPSA) is 109 Å². The van der Waals surface area contributed by atoms with Crippen molar-refractivity contribution in [2.45, 2.75) is 31.8 Å². The zero-order chi connectivity index (χ0) is 19.7. The van der Waals surface area contributed by atoms with Gasteiger partial charge in [0.15, 0.2) is 5.65 Å². The Bertz CT molecular complexity index is 863. The second kappa shape index (κ2) is 7.65. The van der Waals surface area contributed by atoms with E-state index in [4.69, 9.17) is 10.5 Å². The van der Waals surface area contributed by atoms with E-state index < -0.39 is 5.60 Å². The summed E-state index contributed by atoms with van der Waals surface area (Å²) in [6.45, 7) is 6.69. The lowest BCUT2D eigenvalue weighted by molar-refractivity contribution is -0.0389. The summed E-state index contributed by atoms with van der Waals surface area (Å²) in [6.07, 6.45) is 3.51. The smallest absolute Gasteiger partial charge is 0.259 e. The van der Waals surface area contributed by atoms with Gasteiger partial charge in [-0.25, -0.2) is 4.98 Å². The van der Waals surface area contributed by atoms with E-state index in [0.717, 1.165) is 25.2 Å². The van der Waals surface area contributed by atoms with Crippen LogP contribution in [0, 0.1) is 6.92 Å². The first kappa shape index (κ1) is 19.1. The molecule has 0 spiro atoms. The highest BCUT2D eigenvalue weighted by Gasteiger charge is 2.34. The van der Waals surface area contributed by atoms with Crippen molar-refractivity contribution >= 4 is 17.4 Å². The standard InChI is InChI=1S/C19H28N6O3/c1-14-11-16-21-12-15(17(20)25(16)22-14)18(26)24-5-2-3-19(27,4-6-24)13-23-7-9-28-10-8-23/h11-12,27H,2-10,13,20H2,1H3/t19-/m0/s1. The molecule has 0 radical (unpaired) electrons. The Morgan fingerprint density at radius 1 is 1.29 bits per heavy atom. The van der Waals surface area contributed by atoms with Crippen molar-refractivity contribution in [3.8, 4) is 0 Å². The van der Waals surface area contributed by atoms with Gasteiger partial charge in [0.25, 0.3) is 5.91 Å². The number of anilines is 1. The van der Waals surface area contributed by atoms with Crippen LogP contribution < -0.4 is 5.73 Å². The first-order valence-electron chi connectivity index (χ1n) is 9.88. The summed E-state index contributed by atoms with van der Waals surface area (Å²) in [5.41, 5.74) is 7.20. The summed E-state index contributed by atoms with van der Waals surface area (Å²) < 4.78 is 6.90. The number of morpholine rings is 1. The molecule has 1 atom stereocenters. The molecule has 2 aromatic heterocycles. The molecule has 0 aliphatic carbocycles. The molecule has 0 saturated carbocycles. The molecule has 9 heteroatoms. The average Bonchev–Trinajstić information content (AvgIpc) is 2.95. The number of aromatic nitrogens is 3. The molecule has 2 aliphatic rings. The van der Waals surface area contributed by atoms with Crippen molar-refractivity contribution < 1.29 is 14.6 Å². The molecule has 2 fully saturated rings. The summed E-state index contributed by atoms with van der Waals surface area (Å²) in [5.74, 6) is 0.145. The third kappa shape index (κ3) is 3.82. The highest BCUT2D eigenvalue weighted by Crippen LogP contribution is 2.26. The summed E-state index contributed by atoms with van der Waals surface area (Å²) >= 11 is 0. The number of ether oxygens (including phenoxy) is 1. The van der Waals surface area contributed by atoms with Gasteiger partial charge >= 0.3 is 0 Å². The van der Waals surface area contributed by atoms with Crippen molar-refractivity contribution in [2.24, 2.45) is 0 Å². The van der Waals surface area contributed by atoms with E-state index in [2.05, 4.69) is 15.0 Å². The van der Waals surface area contributed by atoms with Gasteiger partial charge in [-0.2, -0.15) is 9.61 Å². The van der Waals surface area contributed by atoms with Crippen LogP contribution in [0.2, 0.25) is 0 Å². The molecule has 4 rings (SSSR count). The number of amides is 1. The van der Waals surface area contributed by atoms with Crippen LogP contribution in [-0.4, -0.2) is 87.0 Å². The molecule has 4 heterocycles. The summed E-state index contributed by atoms with van der Waals surface area (Å²) in [7, 11) is 0. The predicted octanol–water partition coefficient (Wildman–Crippen LogP) is 0.309. The Hall–Kier alpha value is -2.23. The molecule has 9 nitrogen and oxygen atoms in total. The van der Waals surface area contributed by atoms with Crippen molar-refractivity contribution in [1.29, 1.82) is 0 Å². The number of hydrogen-bond donors (Lipinski definition) is 2. The lowest BCUT2D eigenvalue weighted by Gasteiger charge is -2.35. The SMILES string of the molecule is Cc1cc2ncc(C(=O)N3CCC[C@@](O)(CN4CCOCC4)CC3)c(N)n2n1. The Morgan fingerprint density at radius 2 is 2.07 bits per heavy atom. The van der Waals surface area contributed by atoms with Crippen molar-refractivity contribution in [3.63, 3.8) is 0 Å². The largest absolute Gasteiger partial charge is 0.388 e. The highest BCUT2D eigenvalue weighted by atomic mass is 16.5. The number of aliphatic hydroxyl groups is 1. The summed E-state index contributed by atoms with van der Waals surface area (Å²) in [5, 5.41) is 15.4. The van der Waals surface area contributed by atoms with Crippen LogP contribution in [0.3, 0.4) is 0 Å². The third-order valence-electron chi connectivity index (χ3n) is 5.70. The van der Waals surface area contributed by atoms with E-state index in [1.165, 1.54) is 10.7 Å². The van der Waals surface area contributed by atoms with Crippen LogP contribution in [0.5, 0.6) is 0 Å². The number of hydrogen-bond acceptors (Lipinski definition) is 7.